The van der Waals surface area contributed by atoms with Crippen LogP contribution in [0, 0.1) is 0 Å². The maximum atomic E-state index is 11.5. The van der Waals surface area contributed by atoms with Crippen LogP contribution in [0.4, 0.5) is 0 Å². The third kappa shape index (κ3) is 2.09. The topological polar surface area (TPSA) is 94.9 Å². The first-order valence-corrected chi connectivity index (χ1v) is 6.30. The van der Waals surface area contributed by atoms with Crippen LogP contribution in [0.3, 0.4) is 0 Å². The van der Waals surface area contributed by atoms with Crippen molar-refractivity contribution in [3.05, 3.63) is 35.5 Å². The van der Waals surface area contributed by atoms with E-state index < -0.39 is 10.4 Å². The van der Waals surface area contributed by atoms with Crippen LogP contribution in [0.15, 0.2) is 24.3 Å². The molecule has 94 valence electrons. The SMILES string of the molecule is CCC(N)(Br)c1c(C(N)=O)nnc2ccccc12. The van der Waals surface area contributed by atoms with Crippen LogP contribution >= 0.6 is 15.9 Å². The number of nitrogens with two attached hydrogens (primary N) is 2. The minimum atomic E-state index is -0.854. The van der Waals surface area contributed by atoms with Gasteiger partial charge in [-0.15, -0.1) is 10.2 Å². The van der Waals surface area contributed by atoms with Crippen molar-refractivity contribution < 1.29 is 4.79 Å². The molecule has 18 heavy (non-hydrogen) atoms. The summed E-state index contributed by atoms with van der Waals surface area (Å²) in [5.41, 5.74) is 12.9. The second-order valence-electron chi connectivity index (χ2n) is 4.02. The van der Waals surface area contributed by atoms with E-state index in [1.807, 2.05) is 31.2 Å². The highest BCUT2D eigenvalue weighted by Crippen LogP contribution is 2.35. The summed E-state index contributed by atoms with van der Waals surface area (Å²) in [6.45, 7) is 1.91. The molecule has 0 aliphatic rings. The van der Waals surface area contributed by atoms with Gasteiger partial charge in [0.1, 0.15) is 0 Å². The molecule has 0 aliphatic carbocycles. The fraction of sp³-hybridized carbons (Fsp3) is 0.250. The minimum Gasteiger partial charge on any atom is -0.364 e. The van der Waals surface area contributed by atoms with E-state index in [2.05, 4.69) is 26.1 Å². The van der Waals surface area contributed by atoms with Gasteiger partial charge in [0, 0.05) is 10.9 Å². The van der Waals surface area contributed by atoms with Crippen molar-refractivity contribution in [2.75, 3.05) is 0 Å². The average molecular weight is 309 g/mol. The number of carbonyl (C=O) groups is 1. The molecule has 5 nitrogen and oxygen atoms in total. The molecule has 0 aliphatic heterocycles. The Morgan fingerprint density at radius 2 is 2.06 bits per heavy atom. The summed E-state index contributed by atoms with van der Waals surface area (Å²) in [5.74, 6) is -0.633. The Kier molecular flexibility index (Phi) is 3.32. The Hall–Kier alpha value is -1.53. The van der Waals surface area contributed by atoms with Crippen molar-refractivity contribution in [2.45, 2.75) is 17.8 Å². The normalized spacial score (nSPS) is 14.4. The molecule has 1 aromatic heterocycles. The highest BCUT2D eigenvalue weighted by atomic mass is 79.9. The standard InChI is InChI=1S/C12H13BrN4O/c1-2-12(13,15)9-7-5-3-4-6-8(7)16-17-10(9)11(14)18/h3-6H,2,15H2,1H3,(H2,14,18). The molecule has 0 radical (unpaired) electrons. The van der Waals surface area contributed by atoms with Crippen molar-refractivity contribution in [3.63, 3.8) is 0 Å². The maximum Gasteiger partial charge on any atom is 0.269 e. The number of benzene rings is 1. The summed E-state index contributed by atoms with van der Waals surface area (Å²) in [6.07, 6.45) is 0.586. The van der Waals surface area contributed by atoms with Crippen LogP contribution < -0.4 is 11.5 Å². The molecule has 1 heterocycles. The lowest BCUT2D eigenvalue weighted by molar-refractivity contribution is 0.0993. The fourth-order valence-electron chi connectivity index (χ4n) is 1.82. The van der Waals surface area contributed by atoms with E-state index >= 15 is 0 Å². The Morgan fingerprint density at radius 1 is 1.39 bits per heavy atom. The van der Waals surface area contributed by atoms with Crippen molar-refractivity contribution in [1.82, 2.24) is 10.2 Å². The van der Waals surface area contributed by atoms with Gasteiger partial charge in [0.25, 0.3) is 5.91 Å². The number of hydrogen-bond donors (Lipinski definition) is 2. The summed E-state index contributed by atoms with van der Waals surface area (Å²) >= 11 is 3.43. The number of rotatable bonds is 3. The summed E-state index contributed by atoms with van der Waals surface area (Å²) < 4.78 is -0.854. The Balaban J connectivity index is 2.87. The molecule has 0 saturated carbocycles. The molecule has 0 bridgehead atoms. The van der Waals surface area contributed by atoms with E-state index in [4.69, 9.17) is 11.5 Å². The van der Waals surface area contributed by atoms with Crippen LogP contribution in [-0.4, -0.2) is 16.1 Å². The first-order chi connectivity index (χ1) is 8.47. The zero-order valence-electron chi connectivity index (χ0n) is 9.85. The van der Waals surface area contributed by atoms with Gasteiger partial charge < -0.3 is 11.5 Å². The molecule has 1 atom stereocenters. The first-order valence-electron chi connectivity index (χ1n) is 5.51. The number of aromatic nitrogens is 2. The van der Waals surface area contributed by atoms with E-state index in [0.717, 1.165) is 5.39 Å². The third-order valence-electron chi connectivity index (χ3n) is 2.83. The van der Waals surface area contributed by atoms with E-state index in [9.17, 15) is 4.79 Å². The molecule has 0 spiro atoms. The third-order valence-corrected chi connectivity index (χ3v) is 3.79. The molecule has 1 unspecified atom stereocenters. The number of halogens is 1. The summed E-state index contributed by atoms with van der Waals surface area (Å²) in [4.78, 5) is 11.5. The predicted molar refractivity (Wildman–Crippen MR) is 73.1 cm³/mol. The minimum absolute atomic E-state index is 0.106. The summed E-state index contributed by atoms with van der Waals surface area (Å²) in [6, 6.07) is 7.37. The lowest BCUT2D eigenvalue weighted by atomic mass is 9.98. The second-order valence-corrected chi connectivity index (χ2v) is 5.44. The van der Waals surface area contributed by atoms with Gasteiger partial charge in [-0.1, -0.05) is 41.1 Å². The molecular weight excluding hydrogens is 296 g/mol. The van der Waals surface area contributed by atoms with Gasteiger partial charge in [-0.3, -0.25) is 4.79 Å². The van der Waals surface area contributed by atoms with E-state index in [1.165, 1.54) is 0 Å². The molecule has 2 rings (SSSR count). The molecule has 0 saturated heterocycles. The van der Waals surface area contributed by atoms with E-state index in [-0.39, 0.29) is 5.69 Å². The van der Waals surface area contributed by atoms with Gasteiger partial charge in [-0.05, 0) is 12.5 Å². The fourth-order valence-corrected chi connectivity index (χ4v) is 2.23. The van der Waals surface area contributed by atoms with Crippen molar-refractivity contribution in [1.29, 1.82) is 0 Å². The Labute approximate surface area is 113 Å². The van der Waals surface area contributed by atoms with Crippen LogP contribution in [0.25, 0.3) is 10.9 Å². The average Bonchev–Trinajstić information content (AvgIpc) is 2.37. The quantitative estimate of drug-likeness (QED) is 0.665. The number of carbonyl (C=O) groups excluding carboxylic acids is 1. The van der Waals surface area contributed by atoms with Crippen LogP contribution in [0.1, 0.15) is 29.4 Å². The molecule has 0 fully saturated rings. The van der Waals surface area contributed by atoms with Crippen molar-refractivity contribution in [2.24, 2.45) is 11.5 Å². The first kappa shape index (κ1) is 12.9. The second kappa shape index (κ2) is 4.62. The zero-order chi connectivity index (χ0) is 13.3. The van der Waals surface area contributed by atoms with Gasteiger partial charge in [-0.25, -0.2) is 0 Å². The predicted octanol–water partition coefficient (Wildman–Crippen LogP) is 1.65. The highest BCUT2D eigenvalue weighted by molar-refractivity contribution is 9.09. The van der Waals surface area contributed by atoms with E-state index in [0.29, 0.717) is 17.5 Å². The molecule has 1 amide bonds. The van der Waals surface area contributed by atoms with Crippen LogP contribution in [-0.2, 0) is 4.45 Å². The maximum absolute atomic E-state index is 11.5. The monoisotopic (exact) mass is 308 g/mol. The highest BCUT2D eigenvalue weighted by Gasteiger charge is 2.30. The number of amides is 1. The smallest absolute Gasteiger partial charge is 0.269 e. The zero-order valence-corrected chi connectivity index (χ0v) is 11.4. The molecule has 1 aromatic carbocycles. The van der Waals surface area contributed by atoms with Crippen LogP contribution in [0.2, 0.25) is 0 Å². The number of fused-ring (bicyclic) bond motifs is 1. The van der Waals surface area contributed by atoms with Crippen molar-refractivity contribution >= 4 is 32.7 Å². The molecule has 4 N–H and O–H groups in total. The largest absolute Gasteiger partial charge is 0.364 e. The van der Waals surface area contributed by atoms with Gasteiger partial charge in [0.15, 0.2) is 5.69 Å². The van der Waals surface area contributed by atoms with Gasteiger partial charge >= 0.3 is 0 Å². The molecule has 2 aromatic rings. The van der Waals surface area contributed by atoms with Gasteiger partial charge in [0.05, 0.1) is 9.96 Å². The Morgan fingerprint density at radius 3 is 2.67 bits per heavy atom. The Bertz CT molecular complexity index is 612. The number of hydrogen-bond acceptors (Lipinski definition) is 4. The van der Waals surface area contributed by atoms with Crippen LogP contribution in [0.5, 0.6) is 0 Å². The number of primary amides is 1. The van der Waals surface area contributed by atoms with Gasteiger partial charge in [-0.2, -0.15) is 0 Å². The molecular formula is C12H13BrN4O. The van der Waals surface area contributed by atoms with Crippen molar-refractivity contribution in [3.8, 4) is 0 Å². The number of nitrogens with zero attached hydrogens (tertiary/aromatic N) is 2. The summed E-state index contributed by atoms with van der Waals surface area (Å²) in [7, 11) is 0. The summed E-state index contributed by atoms with van der Waals surface area (Å²) in [5, 5.41) is 8.65. The lowest BCUT2D eigenvalue weighted by Crippen LogP contribution is -2.33. The lowest BCUT2D eigenvalue weighted by Gasteiger charge is -2.23. The number of alkyl halides is 1. The van der Waals surface area contributed by atoms with E-state index in [1.54, 1.807) is 0 Å². The van der Waals surface area contributed by atoms with Gasteiger partial charge in [0.2, 0.25) is 0 Å². The molecule has 6 heteroatoms.